The van der Waals surface area contributed by atoms with E-state index >= 15 is 0 Å². The molecule has 16 heavy (non-hydrogen) atoms. The van der Waals surface area contributed by atoms with E-state index in [9.17, 15) is 4.39 Å². The van der Waals surface area contributed by atoms with Gasteiger partial charge in [0.25, 0.3) is 5.89 Å². The number of nitrogens with zero attached hydrogens (tertiary/aromatic N) is 2. The number of rotatable bonds is 3. The van der Waals surface area contributed by atoms with Crippen LogP contribution in [0.5, 0.6) is 0 Å². The van der Waals surface area contributed by atoms with E-state index in [1.165, 1.54) is 18.2 Å². The smallest absolute Gasteiger partial charge is 0.260 e. The van der Waals surface area contributed by atoms with Crippen LogP contribution in [0, 0.1) is 5.82 Å². The molecule has 0 aliphatic rings. The molecule has 5 heteroatoms. The first-order valence-electron chi connectivity index (χ1n) is 5.08. The Kier molecular flexibility index (Phi) is 2.85. The molecular weight excluding hydrogens is 209 g/mol. The van der Waals surface area contributed by atoms with Gasteiger partial charge in [-0.3, -0.25) is 0 Å². The molecule has 0 aliphatic carbocycles. The quantitative estimate of drug-likeness (QED) is 0.808. The molecule has 2 aromatic rings. The number of nitrogens with two attached hydrogens (primary N) is 1. The number of aromatic nitrogens is 2. The van der Waals surface area contributed by atoms with Crippen LogP contribution in [0.3, 0.4) is 0 Å². The van der Waals surface area contributed by atoms with E-state index < -0.39 is 0 Å². The number of anilines is 1. The Morgan fingerprint density at radius 3 is 3.00 bits per heavy atom. The number of aryl methyl sites for hydroxylation is 1. The normalized spacial score (nSPS) is 10.6. The summed E-state index contributed by atoms with van der Waals surface area (Å²) in [5, 5.41) is 3.79. The fourth-order valence-electron chi connectivity index (χ4n) is 1.40. The van der Waals surface area contributed by atoms with Crippen molar-refractivity contribution < 1.29 is 8.91 Å². The van der Waals surface area contributed by atoms with Crippen LogP contribution in [-0.2, 0) is 6.42 Å². The molecule has 0 amide bonds. The second kappa shape index (κ2) is 4.30. The second-order valence-corrected chi connectivity index (χ2v) is 3.50. The van der Waals surface area contributed by atoms with Gasteiger partial charge in [0, 0.05) is 12.1 Å². The van der Waals surface area contributed by atoms with Gasteiger partial charge in [0.2, 0.25) is 0 Å². The predicted octanol–water partition coefficient (Wildman–Crippen LogP) is 2.41. The molecular formula is C11H12FN3O. The maximum atomic E-state index is 13.0. The fraction of sp³-hybridized carbons (Fsp3) is 0.273. The summed E-state index contributed by atoms with van der Waals surface area (Å²) in [6.45, 7) is 2.02. The van der Waals surface area contributed by atoms with Crippen molar-refractivity contribution in [2.45, 2.75) is 19.8 Å². The third-order valence-electron chi connectivity index (χ3n) is 2.19. The first kappa shape index (κ1) is 10.6. The van der Waals surface area contributed by atoms with Gasteiger partial charge in [0.05, 0.1) is 5.56 Å². The lowest BCUT2D eigenvalue weighted by molar-refractivity contribution is 0.422. The van der Waals surface area contributed by atoms with Gasteiger partial charge in [0.15, 0.2) is 5.82 Å². The van der Waals surface area contributed by atoms with E-state index in [0.717, 1.165) is 12.8 Å². The van der Waals surface area contributed by atoms with Crippen LogP contribution in [0.25, 0.3) is 11.5 Å². The summed E-state index contributed by atoms with van der Waals surface area (Å²) < 4.78 is 18.1. The molecule has 0 atom stereocenters. The van der Waals surface area contributed by atoms with Crippen LogP contribution in [0.2, 0.25) is 0 Å². The Labute approximate surface area is 92.3 Å². The van der Waals surface area contributed by atoms with Crippen molar-refractivity contribution in [2.24, 2.45) is 0 Å². The molecule has 1 aromatic carbocycles. The molecule has 2 N–H and O–H groups in total. The number of hydrogen-bond donors (Lipinski definition) is 1. The van der Waals surface area contributed by atoms with Crippen molar-refractivity contribution in [1.29, 1.82) is 0 Å². The Morgan fingerprint density at radius 1 is 1.44 bits per heavy atom. The summed E-state index contributed by atoms with van der Waals surface area (Å²) in [4.78, 5) is 4.15. The van der Waals surface area contributed by atoms with Crippen LogP contribution in [-0.4, -0.2) is 10.1 Å². The first-order chi connectivity index (χ1) is 7.70. The molecule has 4 nitrogen and oxygen atoms in total. The van der Waals surface area contributed by atoms with Crippen molar-refractivity contribution in [3.63, 3.8) is 0 Å². The molecule has 2 rings (SSSR count). The second-order valence-electron chi connectivity index (χ2n) is 3.50. The van der Waals surface area contributed by atoms with E-state index in [1.54, 1.807) is 0 Å². The molecule has 0 aliphatic heterocycles. The number of nitrogen functional groups attached to an aromatic ring is 1. The molecule has 0 saturated heterocycles. The topological polar surface area (TPSA) is 64.9 Å². The van der Waals surface area contributed by atoms with Crippen molar-refractivity contribution in [2.75, 3.05) is 5.73 Å². The van der Waals surface area contributed by atoms with Gasteiger partial charge in [0.1, 0.15) is 5.82 Å². The Bertz CT molecular complexity index is 496. The minimum Gasteiger partial charge on any atom is -0.398 e. The molecule has 0 radical (unpaired) electrons. The lowest BCUT2D eigenvalue weighted by Gasteiger charge is -1.99. The monoisotopic (exact) mass is 221 g/mol. The highest BCUT2D eigenvalue weighted by molar-refractivity contribution is 5.70. The highest BCUT2D eigenvalue weighted by Gasteiger charge is 2.12. The van der Waals surface area contributed by atoms with E-state index in [1.807, 2.05) is 6.92 Å². The van der Waals surface area contributed by atoms with Crippen LogP contribution in [0.15, 0.2) is 22.7 Å². The summed E-state index contributed by atoms with van der Waals surface area (Å²) in [6.07, 6.45) is 1.66. The Balaban J connectivity index is 2.38. The summed E-state index contributed by atoms with van der Waals surface area (Å²) in [5.41, 5.74) is 6.57. The van der Waals surface area contributed by atoms with Gasteiger partial charge in [-0.05, 0) is 24.6 Å². The molecule has 0 fully saturated rings. The lowest BCUT2D eigenvalue weighted by Crippen LogP contribution is -1.92. The largest absolute Gasteiger partial charge is 0.398 e. The molecule has 1 aromatic heterocycles. The zero-order chi connectivity index (χ0) is 11.5. The fourth-order valence-corrected chi connectivity index (χ4v) is 1.40. The zero-order valence-corrected chi connectivity index (χ0v) is 8.90. The van der Waals surface area contributed by atoms with Crippen LogP contribution in [0.1, 0.15) is 19.2 Å². The number of benzene rings is 1. The predicted molar refractivity (Wildman–Crippen MR) is 58.1 cm³/mol. The zero-order valence-electron chi connectivity index (χ0n) is 8.90. The third-order valence-corrected chi connectivity index (χ3v) is 2.19. The molecule has 0 spiro atoms. The molecule has 1 heterocycles. The Hall–Kier alpha value is -1.91. The Morgan fingerprint density at radius 2 is 2.25 bits per heavy atom. The lowest BCUT2D eigenvalue weighted by atomic mass is 10.2. The number of hydrogen-bond acceptors (Lipinski definition) is 4. The van der Waals surface area contributed by atoms with Gasteiger partial charge >= 0.3 is 0 Å². The van der Waals surface area contributed by atoms with Crippen LogP contribution < -0.4 is 5.73 Å². The summed E-state index contributed by atoms with van der Waals surface area (Å²) in [5.74, 6) is 0.501. The van der Waals surface area contributed by atoms with E-state index in [4.69, 9.17) is 10.3 Å². The van der Waals surface area contributed by atoms with E-state index in [-0.39, 0.29) is 11.7 Å². The van der Waals surface area contributed by atoms with Crippen LogP contribution >= 0.6 is 0 Å². The highest BCUT2D eigenvalue weighted by Crippen LogP contribution is 2.25. The first-order valence-corrected chi connectivity index (χ1v) is 5.08. The minimum absolute atomic E-state index is 0.264. The van der Waals surface area contributed by atoms with Crippen molar-refractivity contribution in [3.8, 4) is 11.5 Å². The van der Waals surface area contributed by atoms with Gasteiger partial charge in [-0.25, -0.2) is 4.39 Å². The van der Waals surface area contributed by atoms with Crippen molar-refractivity contribution in [3.05, 3.63) is 29.8 Å². The van der Waals surface area contributed by atoms with Gasteiger partial charge < -0.3 is 10.3 Å². The maximum absolute atomic E-state index is 13.0. The van der Waals surface area contributed by atoms with Crippen molar-refractivity contribution in [1.82, 2.24) is 10.1 Å². The molecule has 0 unspecified atom stereocenters. The standard InChI is InChI=1S/C11H12FN3O/c1-2-3-10-14-11(16-15-10)8-6-7(12)4-5-9(8)13/h4-6H,2-3,13H2,1H3. The van der Waals surface area contributed by atoms with Gasteiger partial charge in [-0.15, -0.1) is 0 Å². The van der Waals surface area contributed by atoms with Crippen molar-refractivity contribution >= 4 is 5.69 Å². The highest BCUT2D eigenvalue weighted by atomic mass is 19.1. The molecule has 0 saturated carbocycles. The average Bonchev–Trinajstić information content (AvgIpc) is 2.71. The summed E-state index contributed by atoms with van der Waals surface area (Å²) in [6, 6.07) is 4.06. The van der Waals surface area contributed by atoms with E-state index in [2.05, 4.69) is 10.1 Å². The van der Waals surface area contributed by atoms with E-state index in [0.29, 0.717) is 17.1 Å². The third kappa shape index (κ3) is 2.03. The minimum atomic E-state index is -0.376. The van der Waals surface area contributed by atoms with Crippen LogP contribution in [0.4, 0.5) is 10.1 Å². The molecule has 0 bridgehead atoms. The average molecular weight is 221 g/mol. The summed E-state index contributed by atoms with van der Waals surface area (Å²) in [7, 11) is 0. The van der Waals surface area contributed by atoms with Gasteiger partial charge in [-0.1, -0.05) is 12.1 Å². The van der Waals surface area contributed by atoms with Gasteiger partial charge in [-0.2, -0.15) is 4.98 Å². The number of halogens is 1. The summed E-state index contributed by atoms with van der Waals surface area (Å²) >= 11 is 0. The maximum Gasteiger partial charge on any atom is 0.260 e. The molecule has 84 valence electrons. The SMILES string of the molecule is CCCc1noc(-c2cc(F)ccc2N)n1.